The van der Waals surface area contributed by atoms with Gasteiger partial charge >= 0.3 is 6.18 Å². The van der Waals surface area contributed by atoms with Crippen molar-refractivity contribution in [2.75, 3.05) is 6.54 Å². The summed E-state index contributed by atoms with van der Waals surface area (Å²) in [6.45, 7) is 13.8. The average molecular weight is 589 g/mol. The molecule has 0 heterocycles. The molecule has 0 aromatic rings. The van der Waals surface area contributed by atoms with E-state index in [0.717, 1.165) is 19.3 Å². The van der Waals surface area contributed by atoms with Gasteiger partial charge in [0.2, 0.25) is 5.91 Å². The van der Waals surface area contributed by atoms with Crippen molar-refractivity contribution in [3.8, 4) is 6.07 Å². The van der Waals surface area contributed by atoms with Gasteiger partial charge in [-0.2, -0.15) is 18.4 Å². The number of Topliss-reactive ketones (excluding diaryl/α,β-unsaturated/α-hetero) is 2. The molecule has 1 amide bonds. The number of nitrogens with one attached hydrogen (secondary N) is 1. The first-order valence-corrected chi connectivity index (χ1v) is 16.0. The number of carbonyl (C=O) groups is 3. The van der Waals surface area contributed by atoms with Crippen LogP contribution in [0.4, 0.5) is 13.2 Å². The fourth-order valence-electron chi connectivity index (χ4n) is 12.6. The molecule has 42 heavy (non-hydrogen) atoms. The van der Waals surface area contributed by atoms with E-state index in [0.29, 0.717) is 38.5 Å². The second-order valence-corrected chi connectivity index (χ2v) is 17.3. The molecule has 6 rings (SSSR count). The molecular formula is C34H47F3N2O3. The lowest BCUT2D eigenvalue weighted by Gasteiger charge is -2.72. The van der Waals surface area contributed by atoms with E-state index in [9.17, 15) is 32.8 Å². The van der Waals surface area contributed by atoms with Crippen molar-refractivity contribution in [2.24, 2.45) is 67.5 Å². The van der Waals surface area contributed by atoms with Crippen LogP contribution in [0.15, 0.2) is 0 Å². The number of amides is 1. The minimum Gasteiger partial charge on any atom is -0.346 e. The second kappa shape index (κ2) is 8.42. The van der Waals surface area contributed by atoms with Crippen LogP contribution < -0.4 is 5.32 Å². The summed E-state index contributed by atoms with van der Waals surface area (Å²) in [5, 5.41) is 12.5. The molecule has 0 aliphatic heterocycles. The summed E-state index contributed by atoms with van der Waals surface area (Å²) in [6, 6.07) is 2.43. The molecule has 0 aromatic heterocycles. The van der Waals surface area contributed by atoms with Gasteiger partial charge in [0.1, 0.15) is 17.7 Å². The molecule has 0 aromatic carbocycles. The van der Waals surface area contributed by atoms with Gasteiger partial charge in [-0.3, -0.25) is 14.4 Å². The molecule has 6 fully saturated rings. The summed E-state index contributed by atoms with van der Waals surface area (Å²) in [5.74, 6) is -1.01. The molecule has 0 spiro atoms. The first kappa shape index (κ1) is 30.1. The van der Waals surface area contributed by atoms with Crippen LogP contribution in [0, 0.1) is 78.8 Å². The van der Waals surface area contributed by atoms with Crippen molar-refractivity contribution < 1.29 is 27.6 Å². The molecule has 6 aliphatic carbocycles. The van der Waals surface area contributed by atoms with Crippen LogP contribution in [-0.2, 0) is 14.4 Å². The number of alkyl halides is 3. The van der Waals surface area contributed by atoms with Crippen LogP contribution in [-0.4, -0.2) is 30.2 Å². The van der Waals surface area contributed by atoms with Gasteiger partial charge in [-0.05, 0) is 96.7 Å². The SMILES string of the molecule is CC1(C)CC[C@]2(C(=O)NCC(F)(F)F)CC[C@]3(C)C(C(=O)C[C@@H]4[C@@]5(C)[C@H]6C[C@@]6(C#N)C(=O)C(C)(C)[C@@H]5CC[C@]43C)C2C1. The third-order valence-electron chi connectivity index (χ3n) is 14.9. The Morgan fingerprint density at radius 1 is 0.905 bits per heavy atom. The van der Waals surface area contributed by atoms with Gasteiger partial charge in [0.15, 0.2) is 5.78 Å². The Bertz CT molecular complexity index is 1300. The molecule has 6 aliphatic rings. The summed E-state index contributed by atoms with van der Waals surface area (Å²) in [7, 11) is 0. The molecular weight excluding hydrogens is 541 g/mol. The number of carbonyl (C=O) groups excluding carboxylic acids is 3. The minimum atomic E-state index is -4.50. The number of ketones is 2. The molecule has 8 heteroatoms. The maximum absolute atomic E-state index is 14.6. The minimum absolute atomic E-state index is 0.00765. The first-order chi connectivity index (χ1) is 19.2. The number of nitriles is 1. The van der Waals surface area contributed by atoms with Crippen LogP contribution >= 0.6 is 0 Å². The molecule has 0 bridgehead atoms. The normalized spacial score (nSPS) is 50.2. The lowest BCUT2D eigenvalue weighted by molar-refractivity contribution is -0.237. The van der Waals surface area contributed by atoms with E-state index in [1.54, 1.807) is 0 Å². The van der Waals surface area contributed by atoms with Gasteiger partial charge in [-0.25, -0.2) is 0 Å². The highest BCUT2D eigenvalue weighted by Crippen LogP contribution is 2.82. The average Bonchev–Trinajstić information content (AvgIpc) is 3.64. The van der Waals surface area contributed by atoms with Crippen molar-refractivity contribution in [1.29, 1.82) is 5.26 Å². The molecule has 6 saturated carbocycles. The van der Waals surface area contributed by atoms with Crippen molar-refractivity contribution in [2.45, 2.75) is 112 Å². The summed E-state index contributed by atoms with van der Waals surface area (Å²) in [5.41, 5.74) is -3.72. The molecule has 10 atom stereocenters. The lowest BCUT2D eigenvalue weighted by atomic mass is 9.31. The summed E-state index contributed by atoms with van der Waals surface area (Å²) in [6.07, 6.45) is 1.11. The molecule has 232 valence electrons. The maximum Gasteiger partial charge on any atom is 0.405 e. The van der Waals surface area contributed by atoms with Gasteiger partial charge in [0.05, 0.1) is 11.5 Å². The Hall–Kier alpha value is -1.91. The predicted octanol–water partition coefficient (Wildman–Crippen LogP) is 7.04. The van der Waals surface area contributed by atoms with Gasteiger partial charge in [0.25, 0.3) is 0 Å². The van der Waals surface area contributed by atoms with Gasteiger partial charge in [-0.1, -0.05) is 48.5 Å². The monoisotopic (exact) mass is 588 g/mol. The fraction of sp³-hybridized carbons (Fsp3) is 0.882. The smallest absolute Gasteiger partial charge is 0.346 e. The van der Waals surface area contributed by atoms with E-state index < -0.39 is 46.2 Å². The van der Waals surface area contributed by atoms with Crippen molar-refractivity contribution in [1.82, 2.24) is 5.32 Å². The number of nitrogens with zero attached hydrogens (tertiary/aromatic N) is 1. The van der Waals surface area contributed by atoms with Crippen LogP contribution in [0.25, 0.3) is 0 Å². The van der Waals surface area contributed by atoms with Crippen LogP contribution in [0.2, 0.25) is 0 Å². The number of hydrogen-bond donors (Lipinski definition) is 1. The van der Waals surface area contributed by atoms with Crippen molar-refractivity contribution >= 4 is 17.5 Å². The van der Waals surface area contributed by atoms with Gasteiger partial charge < -0.3 is 5.32 Å². The lowest BCUT2D eigenvalue weighted by Crippen LogP contribution is -2.71. The van der Waals surface area contributed by atoms with Gasteiger partial charge in [0, 0.05) is 17.8 Å². The second-order valence-electron chi connectivity index (χ2n) is 17.3. The summed E-state index contributed by atoms with van der Waals surface area (Å²) in [4.78, 5) is 42.0. The number of rotatable bonds is 2. The Morgan fingerprint density at radius 3 is 2.17 bits per heavy atom. The van der Waals surface area contributed by atoms with Crippen LogP contribution in [0.5, 0.6) is 0 Å². The molecule has 0 radical (unpaired) electrons. The zero-order chi connectivity index (χ0) is 31.1. The van der Waals surface area contributed by atoms with Crippen molar-refractivity contribution in [3.05, 3.63) is 0 Å². The topological polar surface area (TPSA) is 87.0 Å². The fourth-order valence-corrected chi connectivity index (χ4v) is 12.6. The van der Waals surface area contributed by atoms with Crippen LogP contribution in [0.1, 0.15) is 106 Å². The zero-order valence-electron chi connectivity index (χ0n) is 26.3. The third-order valence-corrected chi connectivity index (χ3v) is 14.9. The molecule has 0 saturated heterocycles. The predicted molar refractivity (Wildman–Crippen MR) is 150 cm³/mol. The van der Waals surface area contributed by atoms with E-state index in [-0.39, 0.29) is 51.5 Å². The molecule has 5 nitrogen and oxygen atoms in total. The zero-order valence-corrected chi connectivity index (χ0v) is 26.3. The Balaban J connectivity index is 1.42. The number of halogens is 3. The van der Waals surface area contributed by atoms with E-state index >= 15 is 0 Å². The Kier molecular flexibility index (Phi) is 6.04. The molecule has 1 N–H and O–H groups in total. The van der Waals surface area contributed by atoms with E-state index in [1.807, 2.05) is 13.8 Å². The number of hydrogen-bond acceptors (Lipinski definition) is 4. The third kappa shape index (κ3) is 3.52. The Labute approximate surface area is 248 Å². The standard InChI is InChI=1S/C34H47F3N2O3/c1-27(2)10-12-32(26(42)39-18-34(35,36)37)13-11-30(6)24(19(32)15-27)20(40)14-22-29(30,5)9-8-21-28(3,4)25(41)33(17-38)16-23(33)31(21,22)7/h19,21-24H,8-16,18H2,1-7H3,(H,39,42)/t19?,21-,22-,23+,24?,29+,30+,31-,32-,33-/m0/s1. The van der Waals surface area contributed by atoms with Crippen molar-refractivity contribution in [3.63, 3.8) is 0 Å². The van der Waals surface area contributed by atoms with Gasteiger partial charge in [-0.15, -0.1) is 0 Å². The highest BCUT2D eigenvalue weighted by Gasteiger charge is 2.82. The Morgan fingerprint density at radius 2 is 1.55 bits per heavy atom. The summed E-state index contributed by atoms with van der Waals surface area (Å²) < 4.78 is 39.6. The van der Waals surface area contributed by atoms with E-state index in [1.165, 1.54) is 0 Å². The molecule has 2 unspecified atom stereocenters. The highest BCUT2D eigenvalue weighted by atomic mass is 19.4. The quantitative estimate of drug-likeness (QED) is 0.375. The number of fused-ring (bicyclic) bond motifs is 9. The largest absolute Gasteiger partial charge is 0.405 e. The van der Waals surface area contributed by atoms with E-state index in [2.05, 4.69) is 46.0 Å². The maximum atomic E-state index is 14.6. The first-order valence-electron chi connectivity index (χ1n) is 16.0. The highest BCUT2D eigenvalue weighted by molar-refractivity contribution is 5.97. The van der Waals surface area contributed by atoms with E-state index in [4.69, 9.17) is 0 Å². The summed E-state index contributed by atoms with van der Waals surface area (Å²) >= 11 is 0. The van der Waals surface area contributed by atoms with Crippen LogP contribution in [0.3, 0.4) is 0 Å².